The predicted octanol–water partition coefficient (Wildman–Crippen LogP) is 2.33. The zero-order valence-corrected chi connectivity index (χ0v) is 10.7. The summed E-state index contributed by atoms with van der Waals surface area (Å²) in [5.74, 6) is 0.347. The average Bonchev–Trinajstić information content (AvgIpc) is 3.09. The molecule has 5 nitrogen and oxygen atoms in total. The lowest BCUT2D eigenvalue weighted by atomic mass is 9.97. The molecule has 1 heterocycles. The normalized spacial score (nSPS) is 22.6. The number of aromatic nitrogens is 4. The van der Waals surface area contributed by atoms with E-state index >= 15 is 0 Å². The Bertz CT molecular complexity index is 558. The predicted molar refractivity (Wildman–Crippen MR) is 66.4 cm³/mol. The van der Waals surface area contributed by atoms with E-state index in [1.165, 1.54) is 7.11 Å². The molecule has 0 saturated heterocycles. The third-order valence-corrected chi connectivity index (χ3v) is 3.79. The lowest BCUT2D eigenvalue weighted by molar-refractivity contribution is 0.385. The average molecular weight is 262 g/mol. The minimum Gasteiger partial charge on any atom is -0.494 e. The van der Waals surface area contributed by atoms with Gasteiger partial charge in [-0.1, -0.05) is 6.07 Å². The van der Waals surface area contributed by atoms with Crippen LogP contribution in [-0.2, 0) is 0 Å². The van der Waals surface area contributed by atoms with Crippen molar-refractivity contribution in [3.8, 4) is 5.75 Å². The fourth-order valence-electron chi connectivity index (χ4n) is 2.77. The zero-order chi connectivity index (χ0) is 13.2. The lowest BCUT2D eigenvalue weighted by Gasteiger charge is -2.12. The molecule has 0 radical (unpaired) electrons. The summed E-state index contributed by atoms with van der Waals surface area (Å²) in [5.41, 5.74) is 1.02. The Labute approximate surface area is 110 Å². The van der Waals surface area contributed by atoms with Gasteiger partial charge in [-0.15, -0.1) is 5.10 Å². The Kier molecular flexibility index (Phi) is 3.15. The van der Waals surface area contributed by atoms with Crippen molar-refractivity contribution < 1.29 is 9.13 Å². The molecule has 2 atom stereocenters. The van der Waals surface area contributed by atoms with Crippen molar-refractivity contribution in [1.82, 2.24) is 20.2 Å². The molecule has 100 valence electrons. The molecular weight excluding hydrogens is 247 g/mol. The molecule has 1 saturated carbocycles. The number of halogens is 1. The summed E-state index contributed by atoms with van der Waals surface area (Å²) >= 11 is 0. The van der Waals surface area contributed by atoms with Gasteiger partial charge in [-0.2, -0.15) is 0 Å². The molecule has 3 rings (SSSR count). The molecule has 1 aromatic carbocycles. The minimum atomic E-state index is -0.300. The molecule has 1 aliphatic rings. The van der Waals surface area contributed by atoms with Crippen LogP contribution in [0.4, 0.5) is 4.39 Å². The topological polar surface area (TPSA) is 52.8 Å². The van der Waals surface area contributed by atoms with Crippen molar-refractivity contribution >= 4 is 0 Å². The van der Waals surface area contributed by atoms with Gasteiger partial charge in [0.05, 0.1) is 13.2 Å². The Morgan fingerprint density at radius 1 is 1.37 bits per heavy atom. The summed E-state index contributed by atoms with van der Waals surface area (Å²) in [6.07, 6.45) is 4.62. The summed E-state index contributed by atoms with van der Waals surface area (Å²) in [6.45, 7) is 0. The van der Waals surface area contributed by atoms with Gasteiger partial charge in [-0.25, -0.2) is 9.07 Å². The minimum absolute atomic E-state index is 0.291. The van der Waals surface area contributed by atoms with Crippen LogP contribution in [0.1, 0.15) is 36.8 Å². The highest BCUT2D eigenvalue weighted by atomic mass is 19.1. The number of nitrogens with zero attached hydrogens (tertiary/aromatic N) is 4. The van der Waals surface area contributed by atoms with E-state index in [-0.39, 0.29) is 5.82 Å². The van der Waals surface area contributed by atoms with Crippen LogP contribution in [0.5, 0.6) is 5.75 Å². The number of rotatable bonds is 3. The van der Waals surface area contributed by atoms with Gasteiger partial charge in [0, 0.05) is 0 Å². The first-order valence-electron chi connectivity index (χ1n) is 6.34. The van der Waals surface area contributed by atoms with Crippen LogP contribution in [0.3, 0.4) is 0 Å². The largest absolute Gasteiger partial charge is 0.494 e. The van der Waals surface area contributed by atoms with E-state index in [1.54, 1.807) is 23.1 Å². The van der Waals surface area contributed by atoms with Gasteiger partial charge in [0.2, 0.25) is 0 Å². The van der Waals surface area contributed by atoms with Crippen LogP contribution in [-0.4, -0.2) is 27.3 Å². The number of benzene rings is 1. The Morgan fingerprint density at radius 3 is 2.95 bits per heavy atom. The van der Waals surface area contributed by atoms with Crippen LogP contribution < -0.4 is 4.74 Å². The van der Waals surface area contributed by atoms with Gasteiger partial charge < -0.3 is 4.74 Å². The summed E-state index contributed by atoms with van der Waals surface area (Å²) in [6, 6.07) is 5.51. The number of hydrogen-bond donors (Lipinski definition) is 0. The Morgan fingerprint density at radius 2 is 2.26 bits per heavy atom. The zero-order valence-electron chi connectivity index (χ0n) is 10.7. The molecule has 2 aromatic rings. The van der Waals surface area contributed by atoms with Crippen LogP contribution >= 0.6 is 0 Å². The van der Waals surface area contributed by atoms with Gasteiger partial charge in [0.1, 0.15) is 6.33 Å². The van der Waals surface area contributed by atoms with E-state index in [0.29, 0.717) is 17.7 Å². The highest BCUT2D eigenvalue weighted by Gasteiger charge is 2.28. The lowest BCUT2D eigenvalue weighted by Crippen LogP contribution is -2.06. The van der Waals surface area contributed by atoms with Gasteiger partial charge in [-0.3, -0.25) is 0 Å². The molecule has 1 aliphatic carbocycles. The first-order valence-corrected chi connectivity index (χ1v) is 6.34. The number of methoxy groups -OCH3 is 1. The van der Waals surface area contributed by atoms with Gasteiger partial charge in [0.25, 0.3) is 0 Å². The van der Waals surface area contributed by atoms with Crippen LogP contribution in [0.15, 0.2) is 24.5 Å². The molecule has 0 bridgehead atoms. The SMILES string of the molecule is COc1ccc(C2CCC(n3cnnn3)C2)cc1F. The second kappa shape index (κ2) is 4.95. The molecule has 19 heavy (non-hydrogen) atoms. The van der Waals surface area contributed by atoms with E-state index in [2.05, 4.69) is 15.5 Å². The van der Waals surface area contributed by atoms with Crippen LogP contribution in [0.25, 0.3) is 0 Å². The monoisotopic (exact) mass is 262 g/mol. The first kappa shape index (κ1) is 12.1. The molecule has 6 heteroatoms. The Hall–Kier alpha value is -1.98. The third-order valence-electron chi connectivity index (χ3n) is 3.79. The molecule has 2 unspecified atom stereocenters. The van der Waals surface area contributed by atoms with E-state index in [9.17, 15) is 4.39 Å². The van der Waals surface area contributed by atoms with Crippen molar-refractivity contribution in [3.63, 3.8) is 0 Å². The maximum atomic E-state index is 13.7. The second-order valence-corrected chi connectivity index (χ2v) is 4.85. The molecule has 0 amide bonds. The molecular formula is C13H15FN4O. The number of hydrogen-bond acceptors (Lipinski definition) is 4. The van der Waals surface area contributed by atoms with E-state index in [4.69, 9.17) is 4.74 Å². The summed E-state index contributed by atoms with van der Waals surface area (Å²) in [7, 11) is 1.47. The summed E-state index contributed by atoms with van der Waals surface area (Å²) in [5, 5.41) is 11.2. The molecule has 0 N–H and O–H groups in total. The number of ether oxygens (including phenoxy) is 1. The highest BCUT2D eigenvalue weighted by Crippen LogP contribution is 2.41. The Balaban J connectivity index is 1.76. The van der Waals surface area contributed by atoms with Gasteiger partial charge in [-0.05, 0) is 53.3 Å². The quantitative estimate of drug-likeness (QED) is 0.852. The van der Waals surface area contributed by atoms with Gasteiger partial charge in [0.15, 0.2) is 11.6 Å². The molecule has 0 spiro atoms. The third kappa shape index (κ3) is 2.30. The number of tetrazole rings is 1. The highest BCUT2D eigenvalue weighted by molar-refractivity contribution is 5.31. The van der Waals surface area contributed by atoms with E-state index < -0.39 is 0 Å². The maximum Gasteiger partial charge on any atom is 0.165 e. The molecule has 1 fully saturated rings. The van der Waals surface area contributed by atoms with Crippen molar-refractivity contribution in [2.24, 2.45) is 0 Å². The van der Waals surface area contributed by atoms with E-state index in [1.807, 2.05) is 6.07 Å². The fourth-order valence-corrected chi connectivity index (χ4v) is 2.77. The van der Waals surface area contributed by atoms with Crippen molar-refractivity contribution in [2.45, 2.75) is 31.2 Å². The van der Waals surface area contributed by atoms with Crippen molar-refractivity contribution in [2.75, 3.05) is 7.11 Å². The van der Waals surface area contributed by atoms with Crippen LogP contribution in [0, 0.1) is 5.82 Å². The van der Waals surface area contributed by atoms with Crippen LogP contribution in [0.2, 0.25) is 0 Å². The standard InChI is InChI=1S/C13H15FN4O/c1-19-13-5-3-10(7-12(13)14)9-2-4-11(6-9)18-8-15-16-17-18/h3,5,7-9,11H,2,4,6H2,1H3. The molecule has 0 aliphatic heterocycles. The summed E-state index contributed by atoms with van der Waals surface area (Å²) < 4.78 is 20.4. The van der Waals surface area contributed by atoms with Crippen molar-refractivity contribution in [1.29, 1.82) is 0 Å². The summed E-state index contributed by atoms with van der Waals surface area (Å²) in [4.78, 5) is 0. The maximum absolute atomic E-state index is 13.7. The fraction of sp³-hybridized carbons (Fsp3) is 0.462. The smallest absolute Gasteiger partial charge is 0.165 e. The van der Waals surface area contributed by atoms with Gasteiger partial charge >= 0.3 is 0 Å². The first-order chi connectivity index (χ1) is 9.28. The van der Waals surface area contributed by atoms with Crippen molar-refractivity contribution in [3.05, 3.63) is 35.9 Å². The van der Waals surface area contributed by atoms with E-state index in [0.717, 1.165) is 24.8 Å². The molecule has 1 aromatic heterocycles. The second-order valence-electron chi connectivity index (χ2n) is 4.85.